The molecule has 0 saturated carbocycles. The molecule has 0 bridgehead atoms. The second kappa shape index (κ2) is 11.3. The third-order valence-electron chi connectivity index (χ3n) is 6.56. The van der Waals surface area contributed by atoms with Crippen LogP contribution in [0.4, 0.5) is 17.3 Å². The minimum atomic E-state index is -0.138. The van der Waals surface area contributed by atoms with Crippen molar-refractivity contribution in [3.05, 3.63) is 95.9 Å². The maximum Gasteiger partial charge on any atom is 0.255 e. The van der Waals surface area contributed by atoms with Crippen molar-refractivity contribution in [1.82, 2.24) is 25.2 Å². The van der Waals surface area contributed by atoms with E-state index < -0.39 is 0 Å². The zero-order chi connectivity index (χ0) is 25.6. The molecule has 0 unspecified atom stereocenters. The fourth-order valence-electron chi connectivity index (χ4n) is 4.43. The van der Waals surface area contributed by atoms with Gasteiger partial charge in [0.25, 0.3) is 5.91 Å². The first-order chi connectivity index (χ1) is 18.1. The number of hydrogen-bond donors (Lipinski definition) is 2. The van der Waals surface area contributed by atoms with E-state index in [9.17, 15) is 4.79 Å². The third kappa shape index (κ3) is 5.99. The van der Waals surface area contributed by atoms with Crippen LogP contribution < -0.4 is 15.5 Å². The smallest absolute Gasteiger partial charge is 0.255 e. The fourth-order valence-corrected chi connectivity index (χ4v) is 4.43. The highest BCUT2D eigenvalue weighted by Crippen LogP contribution is 2.29. The number of carbonyl (C=O) groups excluding carboxylic acids is 1. The molecule has 8 heteroatoms. The lowest BCUT2D eigenvalue weighted by molar-refractivity contribution is 0.102. The topological polar surface area (TPSA) is 86.3 Å². The van der Waals surface area contributed by atoms with E-state index in [4.69, 9.17) is 4.98 Å². The minimum absolute atomic E-state index is 0.138. The Kier molecular flexibility index (Phi) is 7.49. The Bertz CT molecular complexity index is 1350. The van der Waals surface area contributed by atoms with Gasteiger partial charge in [-0.3, -0.25) is 14.7 Å². The number of amides is 1. The van der Waals surface area contributed by atoms with Gasteiger partial charge in [0, 0.05) is 80.9 Å². The van der Waals surface area contributed by atoms with Crippen LogP contribution >= 0.6 is 0 Å². The molecule has 2 aromatic heterocycles. The number of rotatable bonds is 7. The summed E-state index contributed by atoms with van der Waals surface area (Å²) in [6.45, 7) is 7.07. The lowest BCUT2D eigenvalue weighted by atomic mass is 10.1. The first-order valence-corrected chi connectivity index (χ1v) is 12.5. The molecule has 0 aliphatic carbocycles. The summed E-state index contributed by atoms with van der Waals surface area (Å²) < 4.78 is 0. The Hall–Kier alpha value is -4.14. The number of benzene rings is 2. The van der Waals surface area contributed by atoms with E-state index in [1.54, 1.807) is 18.6 Å². The molecule has 1 fully saturated rings. The summed E-state index contributed by atoms with van der Waals surface area (Å²) in [5, 5.41) is 6.41. The van der Waals surface area contributed by atoms with Gasteiger partial charge in [-0.15, -0.1) is 0 Å². The summed E-state index contributed by atoms with van der Waals surface area (Å²) >= 11 is 0. The SMILES string of the molecule is Cc1ccc(NC(=O)c2ccc(CN3CCNCC3)cc2)cc1N(C)c1nccc(-c2cccnc2)n1. The van der Waals surface area contributed by atoms with Gasteiger partial charge in [-0.1, -0.05) is 18.2 Å². The molecule has 1 amide bonds. The summed E-state index contributed by atoms with van der Waals surface area (Å²) in [5.74, 6) is 0.425. The molecular formula is C29H31N7O. The van der Waals surface area contributed by atoms with Crippen molar-refractivity contribution >= 4 is 23.2 Å². The summed E-state index contributed by atoms with van der Waals surface area (Å²) in [6.07, 6.45) is 5.27. The van der Waals surface area contributed by atoms with Crippen LogP contribution in [0, 0.1) is 6.92 Å². The average Bonchev–Trinajstić information content (AvgIpc) is 2.95. The number of nitrogens with zero attached hydrogens (tertiary/aromatic N) is 5. The molecule has 1 aliphatic rings. The van der Waals surface area contributed by atoms with Gasteiger partial charge >= 0.3 is 0 Å². The summed E-state index contributed by atoms with van der Waals surface area (Å²) in [4.78, 5) is 30.7. The minimum Gasteiger partial charge on any atom is -0.322 e. The fraction of sp³-hybridized carbons (Fsp3) is 0.241. The second-order valence-electron chi connectivity index (χ2n) is 9.22. The van der Waals surface area contributed by atoms with Crippen molar-refractivity contribution in [3.8, 4) is 11.3 Å². The summed E-state index contributed by atoms with van der Waals surface area (Å²) in [7, 11) is 1.92. The molecule has 8 nitrogen and oxygen atoms in total. The van der Waals surface area contributed by atoms with E-state index in [1.807, 2.05) is 79.5 Å². The zero-order valence-corrected chi connectivity index (χ0v) is 21.2. The largest absolute Gasteiger partial charge is 0.322 e. The predicted molar refractivity (Wildman–Crippen MR) is 147 cm³/mol. The van der Waals surface area contributed by atoms with Gasteiger partial charge in [-0.2, -0.15) is 0 Å². The summed E-state index contributed by atoms with van der Waals surface area (Å²) in [5.41, 5.74) is 6.24. The highest BCUT2D eigenvalue weighted by molar-refractivity contribution is 6.04. The van der Waals surface area contributed by atoms with Crippen LogP contribution in [-0.2, 0) is 6.54 Å². The number of carbonyl (C=O) groups is 1. The van der Waals surface area contributed by atoms with Gasteiger partial charge in [0.1, 0.15) is 0 Å². The lowest BCUT2D eigenvalue weighted by Crippen LogP contribution is -2.42. The van der Waals surface area contributed by atoms with Crippen molar-refractivity contribution in [2.24, 2.45) is 0 Å². The van der Waals surface area contributed by atoms with Crippen LogP contribution in [0.2, 0.25) is 0 Å². The highest BCUT2D eigenvalue weighted by atomic mass is 16.1. The van der Waals surface area contributed by atoms with Crippen molar-refractivity contribution in [2.75, 3.05) is 43.4 Å². The lowest BCUT2D eigenvalue weighted by Gasteiger charge is -2.27. The first kappa shape index (κ1) is 24.5. The van der Waals surface area contributed by atoms with E-state index in [0.29, 0.717) is 17.2 Å². The van der Waals surface area contributed by atoms with Crippen molar-refractivity contribution in [2.45, 2.75) is 13.5 Å². The van der Waals surface area contributed by atoms with Crippen LogP contribution in [0.25, 0.3) is 11.3 Å². The van der Waals surface area contributed by atoms with Crippen molar-refractivity contribution in [3.63, 3.8) is 0 Å². The summed E-state index contributed by atoms with van der Waals surface area (Å²) in [6, 6.07) is 19.4. The molecule has 3 heterocycles. The molecule has 0 atom stereocenters. The molecule has 1 aliphatic heterocycles. The molecule has 2 N–H and O–H groups in total. The van der Waals surface area contributed by atoms with Crippen LogP contribution in [-0.4, -0.2) is 59.0 Å². The van der Waals surface area contributed by atoms with Gasteiger partial charge in [0.05, 0.1) is 5.69 Å². The molecule has 188 valence electrons. The molecule has 1 saturated heterocycles. The van der Waals surface area contributed by atoms with Gasteiger partial charge in [-0.25, -0.2) is 9.97 Å². The molecular weight excluding hydrogens is 462 g/mol. The Labute approximate surface area is 217 Å². The van der Waals surface area contributed by atoms with E-state index >= 15 is 0 Å². The highest BCUT2D eigenvalue weighted by Gasteiger charge is 2.14. The van der Waals surface area contributed by atoms with Crippen LogP contribution in [0.5, 0.6) is 0 Å². The molecule has 2 aromatic carbocycles. The van der Waals surface area contributed by atoms with E-state index in [0.717, 1.165) is 55.2 Å². The quantitative estimate of drug-likeness (QED) is 0.398. The Morgan fingerprint density at radius 3 is 2.62 bits per heavy atom. The van der Waals surface area contributed by atoms with E-state index in [1.165, 1.54) is 5.56 Å². The number of pyridine rings is 1. The van der Waals surface area contributed by atoms with Gasteiger partial charge in [0.2, 0.25) is 5.95 Å². The molecule has 0 radical (unpaired) electrons. The average molecular weight is 494 g/mol. The Balaban J connectivity index is 1.29. The zero-order valence-electron chi connectivity index (χ0n) is 21.2. The van der Waals surface area contributed by atoms with Gasteiger partial charge in [0.15, 0.2) is 0 Å². The Morgan fingerprint density at radius 1 is 1.05 bits per heavy atom. The first-order valence-electron chi connectivity index (χ1n) is 12.5. The molecule has 5 rings (SSSR count). The maximum atomic E-state index is 13.0. The number of hydrogen-bond acceptors (Lipinski definition) is 7. The van der Waals surface area contributed by atoms with Crippen LogP contribution in [0.15, 0.2) is 79.3 Å². The second-order valence-corrected chi connectivity index (χ2v) is 9.22. The van der Waals surface area contributed by atoms with Gasteiger partial charge < -0.3 is 15.5 Å². The van der Waals surface area contributed by atoms with E-state index in [2.05, 4.69) is 25.5 Å². The van der Waals surface area contributed by atoms with Crippen molar-refractivity contribution in [1.29, 1.82) is 0 Å². The number of nitrogens with one attached hydrogen (secondary N) is 2. The number of piperazine rings is 1. The number of aryl methyl sites for hydroxylation is 1. The maximum absolute atomic E-state index is 13.0. The molecule has 4 aromatic rings. The number of aromatic nitrogens is 3. The van der Waals surface area contributed by atoms with Crippen LogP contribution in [0.3, 0.4) is 0 Å². The standard InChI is InChI=1S/C29H31N7O/c1-21-5-10-25(33-28(37)23-8-6-22(7-9-23)20-36-16-14-30-15-17-36)18-27(21)35(2)29-32-13-11-26(34-29)24-4-3-12-31-19-24/h3-13,18-19,30H,14-17,20H2,1-2H3,(H,33,37). The Morgan fingerprint density at radius 2 is 1.86 bits per heavy atom. The normalized spacial score (nSPS) is 13.8. The van der Waals surface area contributed by atoms with Gasteiger partial charge in [-0.05, 0) is 60.5 Å². The predicted octanol–water partition coefficient (Wildman–Crippen LogP) is 4.27. The third-order valence-corrected chi connectivity index (χ3v) is 6.56. The van der Waals surface area contributed by atoms with E-state index in [-0.39, 0.29) is 5.91 Å². The van der Waals surface area contributed by atoms with Crippen molar-refractivity contribution < 1.29 is 4.79 Å². The number of anilines is 3. The molecule has 37 heavy (non-hydrogen) atoms. The molecule has 0 spiro atoms. The monoisotopic (exact) mass is 493 g/mol. The van der Waals surface area contributed by atoms with Crippen LogP contribution in [0.1, 0.15) is 21.5 Å².